The van der Waals surface area contributed by atoms with Crippen LogP contribution < -0.4 is 0 Å². The number of hydrogen-bond donors (Lipinski definition) is 0. The van der Waals surface area contributed by atoms with Crippen molar-refractivity contribution in [3.05, 3.63) is 158 Å². The van der Waals surface area contributed by atoms with Crippen LogP contribution >= 0.6 is 68.6 Å². The van der Waals surface area contributed by atoms with Gasteiger partial charge in [0.2, 0.25) is 0 Å². The van der Waals surface area contributed by atoms with Crippen molar-refractivity contribution in [3.8, 4) is 22.3 Å². The third-order valence-corrected chi connectivity index (χ3v) is 16.4. The molecule has 0 aliphatic rings. The van der Waals surface area contributed by atoms with Crippen LogP contribution in [-0.4, -0.2) is 8.34 Å². The van der Waals surface area contributed by atoms with E-state index in [1.54, 1.807) is 0 Å². The average molecular weight is 1150 g/mol. The lowest BCUT2D eigenvalue weighted by Gasteiger charge is -2.04. The van der Waals surface area contributed by atoms with E-state index in [0.717, 1.165) is 110 Å². The van der Waals surface area contributed by atoms with E-state index in [0.29, 0.717) is 0 Å². The molecule has 0 N–H and O–H groups in total. The van der Waals surface area contributed by atoms with E-state index in [-0.39, 0.29) is 0 Å². The maximum absolute atomic E-state index is 6.84. The van der Waals surface area contributed by atoms with Crippen molar-refractivity contribution in [2.45, 2.75) is 0 Å². The van der Waals surface area contributed by atoms with Crippen LogP contribution in [0.2, 0.25) is 0 Å². The van der Waals surface area contributed by atoms with Crippen LogP contribution in [-0.2, 0) is 0 Å². The second-order valence-electron chi connectivity index (χ2n) is 16.6. The summed E-state index contributed by atoms with van der Waals surface area (Å²) in [5, 5.41) is 14.0. The highest BCUT2D eigenvalue weighted by atomic mass is 127. The van der Waals surface area contributed by atoms with Gasteiger partial charge in [-0.3, -0.25) is 8.34 Å². The lowest BCUT2D eigenvalue weighted by atomic mass is 10.00. The summed E-state index contributed by atoms with van der Waals surface area (Å²) < 4.78 is 26.7. The van der Waals surface area contributed by atoms with Crippen molar-refractivity contribution in [2.75, 3.05) is 0 Å². The standard InChI is InChI=1S/C54H26I3N3O3/c55-58-43-23-29(14-16-33(43)40-26-49-41(25-45(40)58)34-7-2-4-11-46(34)61-49)30-8-5-9-39-50-47(62-53(30)39)21-20-36-32-15-12-27(22-44(32)60(57)51(36)50)28-13-17-35-38-19-18-37-31-6-1-3-10-42(31)59(56)52(37)54(38)63-48(35)24-28/h1-26H. The van der Waals surface area contributed by atoms with Crippen LogP contribution in [0.4, 0.5) is 0 Å². The summed E-state index contributed by atoms with van der Waals surface area (Å²) >= 11 is 7.32. The first-order chi connectivity index (χ1) is 31.0. The summed E-state index contributed by atoms with van der Waals surface area (Å²) in [6.45, 7) is 0. The van der Waals surface area contributed by atoms with Gasteiger partial charge in [0.1, 0.15) is 33.4 Å². The number of benzene rings is 9. The SMILES string of the molecule is In1c2cc(-c3cccc4c3oc3ccc5c6ccc(-c7ccc8c(c7)oc7c8ccc8c9ccccc9n(I)c87)cc6n(I)c5c34)ccc2c2cc3oc4ccccc4c3cc21. The molecule has 9 aromatic carbocycles. The molecule has 0 saturated carbocycles. The number of rotatable bonds is 2. The summed E-state index contributed by atoms with van der Waals surface area (Å²) in [7, 11) is 0. The smallest absolute Gasteiger partial charge is 0.160 e. The van der Waals surface area contributed by atoms with Crippen LogP contribution in [0, 0.1) is 0 Å². The minimum absolute atomic E-state index is 0.875. The molecule has 6 heterocycles. The minimum Gasteiger partial charge on any atom is -0.456 e. The second kappa shape index (κ2) is 12.6. The van der Waals surface area contributed by atoms with E-state index < -0.39 is 0 Å². The number of furan rings is 3. The van der Waals surface area contributed by atoms with Gasteiger partial charge in [0.05, 0.1) is 102 Å². The van der Waals surface area contributed by atoms with Gasteiger partial charge in [0.15, 0.2) is 5.58 Å². The first-order valence-electron chi connectivity index (χ1n) is 20.7. The van der Waals surface area contributed by atoms with E-state index in [1.807, 2.05) is 12.1 Å². The number of para-hydroxylation sites is 3. The Morgan fingerprint density at radius 1 is 0.302 bits per heavy atom. The molecule has 0 radical (unpaired) electrons. The van der Waals surface area contributed by atoms with Crippen LogP contribution in [0.25, 0.3) is 153 Å². The van der Waals surface area contributed by atoms with Gasteiger partial charge in [-0.2, -0.15) is 0 Å². The number of fused-ring (bicyclic) bond motifs is 20. The van der Waals surface area contributed by atoms with Crippen LogP contribution in [0.3, 0.4) is 0 Å². The highest BCUT2D eigenvalue weighted by molar-refractivity contribution is 14.1. The summed E-state index contributed by atoms with van der Waals surface area (Å²) in [6, 6.07) is 56.8. The number of nitrogens with zero attached hydrogens (tertiary/aromatic N) is 3. The molecule has 0 unspecified atom stereocenters. The van der Waals surface area contributed by atoms with Crippen molar-refractivity contribution >= 4 is 200 Å². The lowest BCUT2D eigenvalue weighted by molar-refractivity contribution is 0.669. The molecule has 0 bridgehead atoms. The Kier molecular flexibility index (Phi) is 7.07. The Bertz CT molecular complexity index is 4560. The molecule has 6 nitrogen and oxygen atoms in total. The Labute approximate surface area is 397 Å². The zero-order valence-electron chi connectivity index (χ0n) is 32.7. The Balaban J connectivity index is 0.865. The second-order valence-corrected chi connectivity index (χ2v) is 19.5. The molecule has 0 aliphatic heterocycles. The van der Waals surface area contributed by atoms with E-state index in [2.05, 4.69) is 223 Å². The number of halogens is 3. The fourth-order valence-corrected chi connectivity index (χ4v) is 13.1. The molecule has 6 aromatic heterocycles. The quantitative estimate of drug-likeness (QED) is 0.162. The topological polar surface area (TPSA) is 54.2 Å². The number of hydrogen-bond acceptors (Lipinski definition) is 3. The molecular weight excluding hydrogens is 1120 g/mol. The molecule has 0 fully saturated rings. The molecule has 63 heavy (non-hydrogen) atoms. The Morgan fingerprint density at radius 2 is 0.889 bits per heavy atom. The van der Waals surface area contributed by atoms with Crippen LogP contribution in [0.1, 0.15) is 0 Å². The highest BCUT2D eigenvalue weighted by Crippen LogP contribution is 2.46. The maximum atomic E-state index is 6.84. The monoisotopic (exact) mass is 1140 g/mol. The molecule has 15 rings (SSSR count). The Hall–Kier alpha value is -6.03. The normalized spacial score (nSPS) is 12.7. The van der Waals surface area contributed by atoms with Crippen molar-refractivity contribution in [3.63, 3.8) is 0 Å². The summed E-state index contributed by atoms with van der Waals surface area (Å²) in [4.78, 5) is 0. The molecule has 0 saturated heterocycles. The fourth-order valence-electron chi connectivity index (χ4n) is 10.5. The summed E-state index contributed by atoms with van der Waals surface area (Å²) in [5.74, 6) is 0. The number of aromatic nitrogens is 3. The van der Waals surface area contributed by atoms with Crippen molar-refractivity contribution in [2.24, 2.45) is 0 Å². The third kappa shape index (κ3) is 4.66. The molecule has 15 aromatic rings. The Morgan fingerprint density at radius 3 is 1.79 bits per heavy atom. The van der Waals surface area contributed by atoms with Crippen molar-refractivity contribution in [1.29, 1.82) is 0 Å². The van der Waals surface area contributed by atoms with E-state index in [9.17, 15) is 0 Å². The van der Waals surface area contributed by atoms with Gasteiger partial charge in [-0.15, -0.1) is 0 Å². The van der Waals surface area contributed by atoms with Crippen LogP contribution in [0.15, 0.2) is 171 Å². The van der Waals surface area contributed by atoms with Gasteiger partial charge >= 0.3 is 0 Å². The summed E-state index contributed by atoms with van der Waals surface area (Å²) in [5.41, 5.74) is 16.8. The van der Waals surface area contributed by atoms with Crippen LogP contribution in [0.5, 0.6) is 0 Å². The molecule has 296 valence electrons. The van der Waals surface area contributed by atoms with Gasteiger partial charge in [-0.05, 0) is 83.4 Å². The van der Waals surface area contributed by atoms with Crippen molar-refractivity contribution in [1.82, 2.24) is 8.34 Å². The first kappa shape index (κ1) is 35.4. The van der Waals surface area contributed by atoms with Gasteiger partial charge in [0, 0.05) is 64.8 Å². The predicted molar refractivity (Wildman–Crippen MR) is 286 cm³/mol. The minimum atomic E-state index is 0.875. The van der Waals surface area contributed by atoms with E-state index in [4.69, 9.17) is 13.3 Å². The molecular formula is C54H26I3N3O3. The van der Waals surface area contributed by atoms with Gasteiger partial charge in [-0.25, -0.2) is 0 Å². The zero-order chi connectivity index (χ0) is 41.4. The zero-order valence-corrected chi connectivity index (χ0v) is 39.2. The lowest BCUT2D eigenvalue weighted by Crippen LogP contribution is -1.83. The third-order valence-electron chi connectivity index (χ3n) is 13.4. The van der Waals surface area contributed by atoms with Gasteiger partial charge in [-0.1, -0.05) is 91.0 Å². The molecule has 0 atom stereocenters. The van der Waals surface area contributed by atoms with Gasteiger partial charge < -0.3 is 13.3 Å². The average Bonchev–Trinajstić information content (AvgIpc) is 4.16. The fraction of sp³-hybridized carbons (Fsp3) is 0. The van der Waals surface area contributed by atoms with Gasteiger partial charge in [0.25, 0.3) is 0 Å². The van der Waals surface area contributed by atoms with E-state index >= 15 is 0 Å². The highest BCUT2D eigenvalue weighted by Gasteiger charge is 2.22. The molecule has 0 aliphatic carbocycles. The van der Waals surface area contributed by atoms with Crippen molar-refractivity contribution < 1.29 is 13.3 Å². The predicted octanol–water partition coefficient (Wildman–Crippen LogP) is 17.6. The molecule has 0 amide bonds. The molecule has 9 heteroatoms. The molecule has 0 spiro atoms. The first-order valence-corrected chi connectivity index (χ1v) is 23.6. The largest absolute Gasteiger partial charge is 0.456 e. The van der Waals surface area contributed by atoms with E-state index in [1.165, 1.54) is 43.4 Å². The maximum Gasteiger partial charge on any atom is 0.160 e. The summed E-state index contributed by atoms with van der Waals surface area (Å²) in [6.07, 6.45) is 0.